The molecule has 1 aliphatic rings. The van der Waals surface area contributed by atoms with Crippen LogP contribution in [0, 0.1) is 0 Å². The molecule has 1 heterocycles. The van der Waals surface area contributed by atoms with Crippen molar-refractivity contribution in [1.29, 1.82) is 0 Å². The molecule has 8 aromatic rings. The second-order valence-electron chi connectivity index (χ2n) is 33.7. The van der Waals surface area contributed by atoms with Gasteiger partial charge in [0, 0.05) is 63.3 Å². The van der Waals surface area contributed by atoms with Crippen molar-refractivity contribution in [1.82, 2.24) is 31.5 Å². The third kappa shape index (κ3) is 65.6. The first-order valence-electron chi connectivity index (χ1n) is 46.0. The van der Waals surface area contributed by atoms with Crippen LogP contribution in [0.15, 0.2) is 243 Å². The summed E-state index contributed by atoms with van der Waals surface area (Å²) in [5.41, 5.74) is 26.2. The first kappa shape index (κ1) is 132. The molecule has 0 saturated carbocycles. The number of carbonyl (C=O) groups is 17. The van der Waals surface area contributed by atoms with E-state index in [2.05, 4.69) is 31.3 Å². The van der Waals surface area contributed by atoms with E-state index >= 15 is 0 Å². The quantitative estimate of drug-likeness (QED) is 0.00961. The van der Waals surface area contributed by atoms with E-state index < -0.39 is 143 Å². The lowest BCUT2D eigenvalue weighted by molar-refractivity contribution is -0.156. The number of aliphatic hydroxyl groups excluding tert-OH is 1. The zero-order chi connectivity index (χ0) is 110. The monoisotopic (exact) mass is 2110 g/mol. The number of carboxylic acids is 6. The minimum atomic E-state index is -1.30. The molecule has 44 heteroatoms. The van der Waals surface area contributed by atoms with E-state index in [9.17, 15) is 81.5 Å². The Kier molecular flexibility index (Phi) is 67.2. The molecule has 8 aromatic carbocycles. The Balaban J connectivity index is 0.00000172. The number of amides is 7. The highest BCUT2D eigenvalue weighted by atomic mass is 35.5. The number of aliphatic hydroxyl groups is 1. The van der Waals surface area contributed by atoms with Gasteiger partial charge >= 0.3 is 83.5 Å². The van der Waals surface area contributed by atoms with Crippen LogP contribution in [0.4, 0.5) is 24.0 Å². The Morgan fingerprint density at radius 2 is 0.655 bits per heavy atom. The van der Waals surface area contributed by atoms with Crippen LogP contribution in [0.2, 0.25) is 0 Å². The number of nitrogens with zero attached hydrogens (tertiary/aromatic N) is 1. The van der Waals surface area contributed by atoms with Crippen molar-refractivity contribution in [3.8, 4) is 0 Å². The topological polar surface area (TPSA) is 673 Å². The van der Waals surface area contributed by atoms with Gasteiger partial charge in [0.1, 0.15) is 74.4 Å². The molecule has 0 bridgehead atoms. The number of halogens is 2. The summed E-state index contributed by atoms with van der Waals surface area (Å²) in [5.74, 6) is -9.59. The number of nitrogens with one attached hydrogen (secondary N) is 5. The lowest BCUT2D eigenvalue weighted by Gasteiger charge is -2.23. The molecular formula is C104H136Cl2N10O32. The Bertz CT molecular complexity index is 5280. The van der Waals surface area contributed by atoms with Crippen LogP contribution in [0.1, 0.15) is 202 Å². The van der Waals surface area contributed by atoms with Crippen molar-refractivity contribution in [3.63, 3.8) is 0 Å². The van der Waals surface area contributed by atoms with E-state index in [0.29, 0.717) is 0 Å². The number of ether oxygens (including phenoxy) is 8. The molecule has 9 atom stereocenters. The molecule has 1 aliphatic heterocycles. The number of carbonyl (C=O) groups excluding carboxylic acids is 11. The Hall–Kier alpha value is -15.6. The van der Waals surface area contributed by atoms with Crippen molar-refractivity contribution in [2.24, 2.45) is 22.9 Å². The van der Waals surface area contributed by atoms with Crippen LogP contribution in [-0.2, 0) is 128 Å². The molecule has 1 saturated heterocycles. The van der Waals surface area contributed by atoms with Crippen LogP contribution >= 0.6 is 24.0 Å². The zero-order valence-corrected chi connectivity index (χ0v) is 85.5. The van der Waals surface area contributed by atoms with Crippen LogP contribution in [0.5, 0.6) is 0 Å². The summed E-state index contributed by atoms with van der Waals surface area (Å²) < 4.78 is 40.0. The normalized spacial score (nSPS) is 12.8. The Morgan fingerprint density at radius 1 is 0.378 bits per heavy atom. The van der Waals surface area contributed by atoms with Gasteiger partial charge in [-0.3, -0.25) is 52.8 Å². The molecule has 0 aliphatic carbocycles. The number of hydrogen-bond donors (Lipinski definition) is 16. The minimum absolute atomic E-state index is 0. The summed E-state index contributed by atoms with van der Waals surface area (Å²) in [5, 5.41) is 71.0. The minimum Gasteiger partial charge on any atom is -0.481 e. The van der Waals surface area contributed by atoms with Crippen molar-refractivity contribution in [2.45, 2.75) is 238 Å². The Morgan fingerprint density at radius 3 is 0.946 bits per heavy atom. The third-order valence-electron chi connectivity index (χ3n) is 19.1. The number of rotatable bonds is 41. The fraction of sp³-hybridized carbons (Fsp3) is 0.375. The second kappa shape index (κ2) is 75.1. The van der Waals surface area contributed by atoms with Crippen LogP contribution in [0.25, 0.3) is 0 Å². The van der Waals surface area contributed by atoms with Crippen LogP contribution < -0.4 is 49.5 Å². The number of esters is 3. The maximum Gasteiger partial charge on any atom is 0.413 e. The average molecular weight is 2110 g/mol. The van der Waals surface area contributed by atoms with Gasteiger partial charge in [0.25, 0.3) is 0 Å². The highest BCUT2D eigenvalue weighted by molar-refractivity contribution is 6.61. The largest absolute Gasteiger partial charge is 0.481 e. The highest BCUT2D eigenvalue weighted by Gasteiger charge is 2.39. The lowest BCUT2D eigenvalue weighted by atomic mass is 10.1. The molecule has 42 nitrogen and oxygen atoms in total. The van der Waals surface area contributed by atoms with Gasteiger partial charge in [0.15, 0.2) is 6.73 Å². The zero-order valence-electron chi connectivity index (χ0n) is 83.9. The number of benzene rings is 8. The summed E-state index contributed by atoms with van der Waals surface area (Å²) in [6, 6.07) is 68.2. The van der Waals surface area contributed by atoms with E-state index in [0.717, 1.165) is 51.0 Å². The van der Waals surface area contributed by atoms with Gasteiger partial charge < -0.3 is 123 Å². The second-order valence-corrected chi connectivity index (χ2v) is 34.0. The van der Waals surface area contributed by atoms with Crippen molar-refractivity contribution in [3.05, 3.63) is 287 Å². The Labute approximate surface area is 869 Å². The summed E-state index contributed by atoms with van der Waals surface area (Å²) >= 11 is 4.97. The van der Waals surface area contributed by atoms with Gasteiger partial charge in [-0.15, -0.1) is 12.4 Å². The molecule has 0 spiro atoms. The predicted octanol–water partition coefficient (Wildman–Crippen LogP) is 13.4. The third-order valence-corrected chi connectivity index (χ3v) is 19.2. The molecule has 0 aromatic heterocycles. The number of nitrogens with two attached hydrogens (primary N) is 4. The van der Waals surface area contributed by atoms with Crippen LogP contribution in [0.3, 0.4) is 0 Å². The predicted molar refractivity (Wildman–Crippen MR) is 545 cm³/mol. The van der Waals surface area contributed by atoms with Gasteiger partial charge in [0.2, 0.25) is 17.7 Å². The first-order valence-corrected chi connectivity index (χ1v) is 46.3. The average Bonchev–Trinajstić information content (AvgIpc) is 1.69. The van der Waals surface area contributed by atoms with Gasteiger partial charge in [-0.2, -0.15) is 0 Å². The lowest BCUT2D eigenvalue weighted by Crippen LogP contribution is -2.47. The molecule has 0 radical (unpaired) electrons. The molecule has 1 fully saturated rings. The SMILES string of the molecule is CC(C)(C)OC(=O)CC[C@H](N)C(N)=O.CO.C[C@H](N)c1ccccc1.C[C@H](NC(=O)[C@H](CCC(=O)O)NC(=O)OCc1ccccc1)c1ccccc1.C[C@H](NC(=O)[C@H](CCC(=O)OC(C)(C)C)NC(=O)OCc1ccccc1)c1ccccc1.Cl.N[C@@H](CCC(=O)O)C(=O)O.O=C(Cl)OCc1ccccc1.O=C(O)CC[C@H](NC(=O)OCc1ccccc1)C(=O)O.O=C(O)CC[C@H]1C(=O)OCN1C(=O)OCc1ccccc1. The van der Waals surface area contributed by atoms with E-state index in [1.807, 2.05) is 227 Å². The van der Waals surface area contributed by atoms with Crippen molar-refractivity contribution in [2.75, 3.05) is 13.8 Å². The van der Waals surface area contributed by atoms with E-state index in [1.165, 1.54) is 5.56 Å². The van der Waals surface area contributed by atoms with E-state index in [-0.39, 0.29) is 153 Å². The number of hydrogen-bond acceptors (Lipinski definition) is 29. The molecule has 808 valence electrons. The molecule has 148 heavy (non-hydrogen) atoms. The van der Waals surface area contributed by atoms with Crippen LogP contribution in [-0.4, -0.2) is 203 Å². The number of cyclic esters (lactones) is 1. The number of aliphatic carboxylic acids is 6. The fourth-order valence-electron chi connectivity index (χ4n) is 11.6. The summed E-state index contributed by atoms with van der Waals surface area (Å²) in [6.45, 7) is 16.6. The van der Waals surface area contributed by atoms with Gasteiger partial charge in [-0.05, 0) is 145 Å². The molecule has 0 unspecified atom stereocenters. The summed E-state index contributed by atoms with van der Waals surface area (Å²) in [4.78, 5) is 192. The summed E-state index contributed by atoms with van der Waals surface area (Å²) in [7, 11) is 1.00. The number of alkyl carbamates (subject to hydrolysis) is 3. The van der Waals surface area contributed by atoms with Crippen molar-refractivity contribution < 1.29 is 155 Å². The smallest absolute Gasteiger partial charge is 0.413 e. The van der Waals surface area contributed by atoms with E-state index in [1.54, 1.807) is 77.9 Å². The van der Waals surface area contributed by atoms with Gasteiger partial charge in [-0.1, -0.05) is 243 Å². The number of carboxylic acid groups (broad SMARTS) is 6. The number of primary amides is 1. The molecule has 9 rings (SSSR count). The molecule has 7 amide bonds. The molecular weight excluding hydrogens is 1970 g/mol. The van der Waals surface area contributed by atoms with E-state index in [4.69, 9.17) is 103 Å². The standard InChI is InChI=1S/C25H32N2O5.C21H24N2O5.C14H15NO6.C13H15NO6.C9H18N2O3.C8H7ClO2.C8H11N.C5H9NO4.CH4O.ClH/c1-18(20-13-9-6-10-14-20)26-23(29)21(15-16-22(28)32-25(2,3)4)27-24(30)31-17-19-11-7-5-8-12-19;1-15(17-10-6-3-7-11-17)22-20(26)18(12-13-19(24)25)23-21(27)28-14-16-8-4-2-5-9-16;16-12(17)7-6-11-13(18)21-9-15(11)14(19)20-8-10-4-2-1-3-5-10;15-11(16)7-6-10(12(17)18)14-13(19)20-8-9-4-2-1-3-5-9;1-9(2,3)14-7(12)5-4-6(10)8(11)13;9-8(10)11-6-7-4-2-1-3-5-7;1-7(9)8-5-3-2-4-6-8;6-3(5(9)10)1-2-4(7)8;1-2;/h5-14,18,21H,15-17H2,1-4H3,(H,26,29)(H,27,30);2-11,15,18H,12-14H2,1H3,(H,22,26)(H,23,27)(H,24,25);1-5,11H,6-9H2,(H,16,17);1-5,10H,6-8H2,(H,14,19)(H,15,16)(H,17,18);6H,4-5,10H2,1-3H3,(H2,11,13);1-5H,6H2;2-7H,9H2,1H3;3H,1-2,6H2,(H,7,8)(H,9,10);2H,1H3;1H/t18-,21-;15-,18-;11-;10-;6-;;7-;3-;;/m00000.00../s1. The van der Waals surface area contributed by atoms with Gasteiger partial charge in [-0.25, -0.2) is 33.6 Å². The first-order chi connectivity index (χ1) is 69.5. The maximum atomic E-state index is 12.9. The molecule has 20 N–H and O–H groups in total. The van der Waals surface area contributed by atoms with Gasteiger partial charge in [0.05, 0.1) is 18.1 Å². The highest BCUT2D eigenvalue weighted by Crippen LogP contribution is 2.21. The maximum absolute atomic E-state index is 12.9. The summed E-state index contributed by atoms with van der Waals surface area (Å²) in [6.07, 6.45) is -3.97. The fourth-order valence-corrected chi connectivity index (χ4v) is 11.7. The van der Waals surface area contributed by atoms with Crippen molar-refractivity contribution >= 4 is 125 Å².